The quantitative estimate of drug-likeness (QED) is 0.675. The first-order valence-electron chi connectivity index (χ1n) is 9.10. The molecule has 0 aliphatic carbocycles. The molecule has 3 heteroatoms. The van der Waals surface area contributed by atoms with Crippen LogP contribution in [-0.4, -0.2) is 12.5 Å². The fourth-order valence-corrected chi connectivity index (χ4v) is 3.34. The zero-order chi connectivity index (χ0) is 18.5. The number of nitrogens with two attached hydrogens (primary N) is 1. The highest BCUT2D eigenvalue weighted by Gasteiger charge is 2.18. The van der Waals surface area contributed by atoms with E-state index in [4.69, 9.17) is 5.73 Å². The molecule has 0 bridgehead atoms. The molecule has 3 N–H and O–H groups in total. The fraction of sp³-hybridized carbons (Fsp3) is 0.261. The Morgan fingerprint density at radius 2 is 1.69 bits per heavy atom. The lowest BCUT2D eigenvalue weighted by Crippen LogP contribution is -2.35. The van der Waals surface area contributed by atoms with Gasteiger partial charge in [-0.15, -0.1) is 0 Å². The SMILES string of the molecule is Cc1ccc(CC(CN[C@H](C)c2cccc3ccccc23)C(N)=O)cc1. The van der Waals surface area contributed by atoms with E-state index in [-0.39, 0.29) is 17.9 Å². The number of amides is 1. The van der Waals surface area contributed by atoms with E-state index in [0.717, 1.165) is 5.56 Å². The van der Waals surface area contributed by atoms with Crippen molar-refractivity contribution in [3.8, 4) is 0 Å². The van der Waals surface area contributed by atoms with Gasteiger partial charge in [0.05, 0.1) is 5.92 Å². The molecule has 0 spiro atoms. The Morgan fingerprint density at radius 3 is 2.42 bits per heavy atom. The summed E-state index contributed by atoms with van der Waals surface area (Å²) in [6.45, 7) is 4.75. The summed E-state index contributed by atoms with van der Waals surface area (Å²) < 4.78 is 0. The molecule has 3 rings (SSSR count). The van der Waals surface area contributed by atoms with Crippen LogP contribution in [0, 0.1) is 12.8 Å². The fourth-order valence-electron chi connectivity index (χ4n) is 3.34. The maximum atomic E-state index is 11.9. The second kappa shape index (κ2) is 8.15. The van der Waals surface area contributed by atoms with Gasteiger partial charge in [0.2, 0.25) is 5.91 Å². The van der Waals surface area contributed by atoms with Gasteiger partial charge in [-0.25, -0.2) is 0 Å². The molecule has 1 unspecified atom stereocenters. The highest BCUT2D eigenvalue weighted by Crippen LogP contribution is 2.24. The number of benzene rings is 3. The minimum absolute atomic E-state index is 0.140. The average molecular weight is 346 g/mol. The Morgan fingerprint density at radius 1 is 1.00 bits per heavy atom. The van der Waals surface area contributed by atoms with E-state index in [1.165, 1.54) is 21.9 Å². The lowest BCUT2D eigenvalue weighted by molar-refractivity contribution is -0.121. The molecule has 0 saturated carbocycles. The number of hydrogen-bond acceptors (Lipinski definition) is 2. The van der Waals surface area contributed by atoms with Crippen molar-refractivity contribution in [3.63, 3.8) is 0 Å². The van der Waals surface area contributed by atoms with E-state index in [2.05, 4.69) is 85.9 Å². The van der Waals surface area contributed by atoms with E-state index in [1.54, 1.807) is 0 Å². The van der Waals surface area contributed by atoms with Crippen molar-refractivity contribution in [2.24, 2.45) is 11.7 Å². The number of aryl methyl sites for hydroxylation is 1. The Labute approximate surface area is 155 Å². The zero-order valence-corrected chi connectivity index (χ0v) is 15.4. The van der Waals surface area contributed by atoms with E-state index < -0.39 is 0 Å². The van der Waals surface area contributed by atoms with E-state index in [0.29, 0.717) is 13.0 Å². The molecular weight excluding hydrogens is 320 g/mol. The summed E-state index contributed by atoms with van der Waals surface area (Å²) in [7, 11) is 0. The van der Waals surface area contributed by atoms with Crippen molar-refractivity contribution in [1.29, 1.82) is 0 Å². The van der Waals surface area contributed by atoms with Crippen molar-refractivity contribution in [1.82, 2.24) is 5.32 Å². The highest BCUT2D eigenvalue weighted by atomic mass is 16.1. The van der Waals surface area contributed by atoms with Crippen LogP contribution in [-0.2, 0) is 11.2 Å². The number of fused-ring (bicyclic) bond motifs is 1. The minimum Gasteiger partial charge on any atom is -0.369 e. The standard InChI is InChI=1S/C23H26N2O/c1-16-10-12-18(13-11-16)14-20(23(24)26)15-25-17(2)21-9-5-7-19-6-3-4-8-22(19)21/h3-13,17,20,25H,14-15H2,1-2H3,(H2,24,26)/t17-,20?/m1/s1. The molecule has 3 nitrogen and oxygen atoms in total. The molecule has 0 aliphatic heterocycles. The zero-order valence-electron chi connectivity index (χ0n) is 15.4. The molecule has 0 aliphatic rings. The van der Waals surface area contributed by atoms with Gasteiger partial charge in [0.25, 0.3) is 0 Å². The average Bonchev–Trinajstić information content (AvgIpc) is 2.65. The van der Waals surface area contributed by atoms with Gasteiger partial charge in [-0.3, -0.25) is 4.79 Å². The van der Waals surface area contributed by atoms with Gasteiger partial charge in [-0.2, -0.15) is 0 Å². The molecule has 134 valence electrons. The monoisotopic (exact) mass is 346 g/mol. The van der Waals surface area contributed by atoms with Gasteiger partial charge in [0, 0.05) is 12.6 Å². The molecule has 2 atom stereocenters. The predicted octanol–water partition coefficient (Wildman–Crippen LogP) is 4.14. The molecule has 26 heavy (non-hydrogen) atoms. The number of rotatable bonds is 7. The predicted molar refractivity (Wildman–Crippen MR) is 108 cm³/mol. The van der Waals surface area contributed by atoms with Crippen LogP contribution in [0.5, 0.6) is 0 Å². The molecule has 0 aromatic heterocycles. The molecule has 0 radical (unpaired) electrons. The molecule has 1 amide bonds. The van der Waals surface area contributed by atoms with Crippen LogP contribution in [0.3, 0.4) is 0 Å². The van der Waals surface area contributed by atoms with E-state index in [9.17, 15) is 4.79 Å². The summed E-state index contributed by atoms with van der Waals surface area (Å²) >= 11 is 0. The first-order valence-corrected chi connectivity index (χ1v) is 9.10. The number of carbonyl (C=O) groups is 1. The molecule has 3 aromatic rings. The lowest BCUT2D eigenvalue weighted by atomic mass is 9.96. The second-order valence-electron chi connectivity index (χ2n) is 6.99. The normalized spacial score (nSPS) is 13.5. The first kappa shape index (κ1) is 18.2. The summed E-state index contributed by atoms with van der Waals surface area (Å²) in [5.74, 6) is -0.488. The van der Waals surface area contributed by atoms with Crippen LogP contribution < -0.4 is 11.1 Å². The van der Waals surface area contributed by atoms with Gasteiger partial charge in [-0.05, 0) is 42.2 Å². The van der Waals surface area contributed by atoms with Crippen molar-refractivity contribution in [2.45, 2.75) is 26.3 Å². The third-order valence-electron chi connectivity index (χ3n) is 4.97. The van der Waals surface area contributed by atoms with Crippen LogP contribution in [0.2, 0.25) is 0 Å². The molecule has 0 heterocycles. The third kappa shape index (κ3) is 4.30. The van der Waals surface area contributed by atoms with Gasteiger partial charge < -0.3 is 11.1 Å². The van der Waals surface area contributed by atoms with Crippen LogP contribution >= 0.6 is 0 Å². The van der Waals surface area contributed by atoms with Gasteiger partial charge in [-0.1, -0.05) is 72.3 Å². The van der Waals surface area contributed by atoms with Crippen molar-refractivity contribution < 1.29 is 4.79 Å². The van der Waals surface area contributed by atoms with Crippen molar-refractivity contribution in [3.05, 3.63) is 83.4 Å². The number of primary amides is 1. The van der Waals surface area contributed by atoms with Crippen LogP contribution in [0.1, 0.15) is 29.7 Å². The Kier molecular flexibility index (Phi) is 5.69. The molecule has 0 fully saturated rings. The van der Waals surface area contributed by atoms with Crippen molar-refractivity contribution >= 4 is 16.7 Å². The molecular formula is C23H26N2O. The Hall–Kier alpha value is -2.65. The van der Waals surface area contributed by atoms with Crippen molar-refractivity contribution in [2.75, 3.05) is 6.54 Å². The first-order chi connectivity index (χ1) is 12.5. The highest BCUT2D eigenvalue weighted by molar-refractivity contribution is 5.86. The largest absolute Gasteiger partial charge is 0.369 e. The van der Waals surface area contributed by atoms with Gasteiger partial charge in [0.15, 0.2) is 0 Å². The van der Waals surface area contributed by atoms with E-state index in [1.807, 2.05) is 0 Å². The summed E-state index contributed by atoms with van der Waals surface area (Å²) in [5.41, 5.74) is 9.24. The smallest absolute Gasteiger partial charge is 0.222 e. The number of hydrogen-bond donors (Lipinski definition) is 2. The summed E-state index contributed by atoms with van der Waals surface area (Å²) in [6.07, 6.45) is 0.658. The van der Waals surface area contributed by atoms with E-state index >= 15 is 0 Å². The topological polar surface area (TPSA) is 55.1 Å². The summed E-state index contributed by atoms with van der Waals surface area (Å²) in [6, 6.07) is 23.1. The van der Waals surface area contributed by atoms with Crippen LogP contribution in [0.15, 0.2) is 66.7 Å². The Bertz CT molecular complexity index is 881. The lowest BCUT2D eigenvalue weighted by Gasteiger charge is -2.20. The van der Waals surface area contributed by atoms with Crippen LogP contribution in [0.4, 0.5) is 0 Å². The second-order valence-corrected chi connectivity index (χ2v) is 6.99. The molecule has 3 aromatic carbocycles. The summed E-state index contributed by atoms with van der Waals surface area (Å²) in [5, 5.41) is 5.97. The third-order valence-corrected chi connectivity index (χ3v) is 4.97. The number of nitrogens with one attached hydrogen (secondary N) is 1. The maximum Gasteiger partial charge on any atom is 0.222 e. The number of carbonyl (C=O) groups excluding carboxylic acids is 1. The minimum atomic E-state index is -0.261. The maximum absolute atomic E-state index is 11.9. The van der Waals surface area contributed by atoms with Crippen LogP contribution in [0.25, 0.3) is 10.8 Å². The van der Waals surface area contributed by atoms with Gasteiger partial charge >= 0.3 is 0 Å². The Balaban J connectivity index is 1.70. The van der Waals surface area contributed by atoms with Gasteiger partial charge in [0.1, 0.15) is 0 Å². The summed E-state index contributed by atoms with van der Waals surface area (Å²) in [4.78, 5) is 11.9. The molecule has 0 saturated heterocycles.